The zero-order chi connectivity index (χ0) is 11.0. The molecule has 4 heteroatoms. The maximum absolute atomic E-state index is 9.04. The number of benzene rings is 1. The lowest BCUT2D eigenvalue weighted by atomic mass is 10.2. The van der Waals surface area contributed by atoms with E-state index in [4.69, 9.17) is 9.84 Å². The Hall–Kier alpha value is -1.39. The van der Waals surface area contributed by atoms with Gasteiger partial charge in [0.15, 0.2) is 0 Å². The minimum atomic E-state index is -0.0221. The molecule has 16 heavy (non-hydrogen) atoms. The van der Waals surface area contributed by atoms with Crippen molar-refractivity contribution in [2.24, 2.45) is 0 Å². The molecule has 1 aliphatic rings. The van der Waals surface area contributed by atoms with E-state index in [9.17, 15) is 0 Å². The van der Waals surface area contributed by atoms with Gasteiger partial charge in [-0.2, -0.15) is 0 Å². The minimum absolute atomic E-state index is 0.0181. The van der Waals surface area contributed by atoms with Gasteiger partial charge in [-0.3, -0.25) is 0 Å². The Bertz CT molecular complexity index is 494. The zero-order valence-electron chi connectivity index (χ0n) is 8.91. The summed E-state index contributed by atoms with van der Waals surface area (Å²) in [5.74, 6) is 0. The Kier molecular flexibility index (Phi) is 2.38. The summed E-state index contributed by atoms with van der Waals surface area (Å²) < 4.78 is 7.78. The van der Waals surface area contributed by atoms with Crippen molar-refractivity contribution in [2.45, 2.75) is 25.2 Å². The molecule has 0 amide bonds. The normalized spacial score (nSPS) is 25.3. The average Bonchev–Trinajstić information content (AvgIpc) is 2.94. The van der Waals surface area contributed by atoms with E-state index >= 15 is 0 Å². The molecule has 0 saturated carbocycles. The van der Waals surface area contributed by atoms with Crippen LogP contribution in [0.25, 0.3) is 11.0 Å². The number of imidazole rings is 1. The third-order valence-corrected chi connectivity index (χ3v) is 3.08. The maximum atomic E-state index is 9.04. The summed E-state index contributed by atoms with van der Waals surface area (Å²) in [6, 6.07) is 8.01. The summed E-state index contributed by atoms with van der Waals surface area (Å²) in [6.07, 6.45) is 3.66. The molecule has 1 aromatic carbocycles. The fourth-order valence-corrected chi connectivity index (χ4v) is 2.23. The topological polar surface area (TPSA) is 47.3 Å². The summed E-state index contributed by atoms with van der Waals surface area (Å²) in [6.45, 7) is 0.100. The lowest BCUT2D eigenvalue weighted by Crippen LogP contribution is -2.13. The zero-order valence-corrected chi connectivity index (χ0v) is 8.91. The molecule has 0 bridgehead atoms. The number of para-hydroxylation sites is 2. The molecule has 1 saturated heterocycles. The molecule has 0 spiro atoms. The van der Waals surface area contributed by atoms with Crippen LogP contribution >= 0.6 is 0 Å². The number of fused-ring (bicyclic) bond motifs is 1. The van der Waals surface area contributed by atoms with Crippen LogP contribution in [0.1, 0.15) is 19.1 Å². The molecular formula is C12H14N2O2. The Morgan fingerprint density at radius 2 is 2.25 bits per heavy atom. The van der Waals surface area contributed by atoms with Gasteiger partial charge in [0.2, 0.25) is 0 Å². The van der Waals surface area contributed by atoms with Crippen LogP contribution in [-0.2, 0) is 4.74 Å². The molecule has 2 aromatic rings. The van der Waals surface area contributed by atoms with Crippen molar-refractivity contribution >= 4 is 11.0 Å². The molecule has 84 valence electrons. The van der Waals surface area contributed by atoms with Crippen LogP contribution in [-0.4, -0.2) is 27.4 Å². The molecule has 1 aromatic heterocycles. The Morgan fingerprint density at radius 1 is 1.38 bits per heavy atom. The largest absolute Gasteiger partial charge is 0.394 e. The van der Waals surface area contributed by atoms with Gasteiger partial charge in [-0.05, 0) is 25.0 Å². The van der Waals surface area contributed by atoms with E-state index in [0.29, 0.717) is 0 Å². The lowest BCUT2D eigenvalue weighted by molar-refractivity contribution is -0.0204. The van der Waals surface area contributed by atoms with E-state index in [1.54, 1.807) is 0 Å². The van der Waals surface area contributed by atoms with Gasteiger partial charge in [0.25, 0.3) is 0 Å². The predicted octanol–water partition coefficient (Wildman–Crippen LogP) is 1.71. The first kappa shape index (κ1) is 9.81. The van der Waals surface area contributed by atoms with Crippen LogP contribution in [0, 0.1) is 0 Å². The third-order valence-electron chi connectivity index (χ3n) is 3.08. The molecule has 1 aliphatic heterocycles. The number of nitrogens with zero attached hydrogens (tertiary/aromatic N) is 2. The van der Waals surface area contributed by atoms with Crippen molar-refractivity contribution in [1.29, 1.82) is 0 Å². The fraction of sp³-hybridized carbons (Fsp3) is 0.417. The first-order valence-corrected chi connectivity index (χ1v) is 5.56. The van der Waals surface area contributed by atoms with Crippen LogP contribution in [0.4, 0.5) is 0 Å². The van der Waals surface area contributed by atoms with E-state index in [1.807, 2.05) is 35.2 Å². The van der Waals surface area contributed by atoms with Gasteiger partial charge in [-0.25, -0.2) is 4.98 Å². The van der Waals surface area contributed by atoms with Crippen molar-refractivity contribution in [3.05, 3.63) is 30.6 Å². The fourth-order valence-electron chi connectivity index (χ4n) is 2.23. The lowest BCUT2D eigenvalue weighted by Gasteiger charge is -2.14. The molecule has 1 fully saturated rings. The Morgan fingerprint density at radius 3 is 3.06 bits per heavy atom. The number of ether oxygens (including phenoxy) is 1. The highest BCUT2D eigenvalue weighted by Gasteiger charge is 2.26. The van der Waals surface area contributed by atoms with E-state index in [-0.39, 0.29) is 18.9 Å². The number of hydrogen-bond donors (Lipinski definition) is 1. The van der Waals surface area contributed by atoms with Gasteiger partial charge in [-0.1, -0.05) is 12.1 Å². The minimum Gasteiger partial charge on any atom is -0.394 e. The number of hydrogen-bond acceptors (Lipinski definition) is 3. The predicted molar refractivity (Wildman–Crippen MR) is 60.0 cm³/mol. The SMILES string of the molecule is OC[C@@H]1CC[C@H](n2cnc3ccccc32)O1. The number of aliphatic hydroxyl groups excluding tert-OH is 1. The van der Waals surface area contributed by atoms with Gasteiger partial charge in [0.05, 0.1) is 30.1 Å². The number of rotatable bonds is 2. The summed E-state index contributed by atoms with van der Waals surface area (Å²) >= 11 is 0. The smallest absolute Gasteiger partial charge is 0.135 e. The van der Waals surface area contributed by atoms with Crippen molar-refractivity contribution in [1.82, 2.24) is 9.55 Å². The molecule has 0 unspecified atom stereocenters. The van der Waals surface area contributed by atoms with Gasteiger partial charge in [-0.15, -0.1) is 0 Å². The highest BCUT2D eigenvalue weighted by Crippen LogP contribution is 2.30. The van der Waals surface area contributed by atoms with Gasteiger partial charge >= 0.3 is 0 Å². The molecular weight excluding hydrogens is 204 g/mol. The molecule has 2 heterocycles. The second kappa shape index (κ2) is 3.88. The van der Waals surface area contributed by atoms with E-state index in [0.717, 1.165) is 23.9 Å². The molecule has 2 atom stereocenters. The van der Waals surface area contributed by atoms with Crippen molar-refractivity contribution in [3.8, 4) is 0 Å². The van der Waals surface area contributed by atoms with Gasteiger partial charge < -0.3 is 14.4 Å². The van der Waals surface area contributed by atoms with Crippen molar-refractivity contribution in [2.75, 3.05) is 6.61 Å². The van der Waals surface area contributed by atoms with Crippen molar-refractivity contribution < 1.29 is 9.84 Å². The quantitative estimate of drug-likeness (QED) is 0.834. The third kappa shape index (κ3) is 1.50. The maximum Gasteiger partial charge on any atom is 0.135 e. The first-order chi connectivity index (χ1) is 7.88. The average molecular weight is 218 g/mol. The van der Waals surface area contributed by atoms with Crippen LogP contribution in [0.5, 0.6) is 0 Å². The highest BCUT2D eigenvalue weighted by molar-refractivity contribution is 5.75. The number of aliphatic hydroxyl groups is 1. The standard InChI is InChI=1S/C12H14N2O2/c15-7-9-5-6-12(16-9)14-8-13-10-3-1-2-4-11(10)14/h1-4,8-9,12,15H,5-7H2/t9-,12+/m0/s1. The van der Waals surface area contributed by atoms with Crippen LogP contribution in [0.15, 0.2) is 30.6 Å². The van der Waals surface area contributed by atoms with E-state index < -0.39 is 0 Å². The van der Waals surface area contributed by atoms with Crippen molar-refractivity contribution in [3.63, 3.8) is 0 Å². The Labute approximate surface area is 93.5 Å². The highest BCUT2D eigenvalue weighted by atomic mass is 16.5. The van der Waals surface area contributed by atoms with Gasteiger partial charge in [0, 0.05) is 0 Å². The number of aromatic nitrogens is 2. The molecule has 0 aliphatic carbocycles. The van der Waals surface area contributed by atoms with Gasteiger partial charge in [0.1, 0.15) is 6.23 Å². The second-order valence-electron chi connectivity index (χ2n) is 4.11. The Balaban J connectivity index is 1.95. The molecule has 0 radical (unpaired) electrons. The first-order valence-electron chi connectivity index (χ1n) is 5.56. The van der Waals surface area contributed by atoms with Crippen LogP contribution in [0.3, 0.4) is 0 Å². The monoisotopic (exact) mass is 218 g/mol. The summed E-state index contributed by atoms with van der Waals surface area (Å²) in [5.41, 5.74) is 2.07. The van der Waals surface area contributed by atoms with Crippen LogP contribution < -0.4 is 0 Å². The second-order valence-corrected chi connectivity index (χ2v) is 4.11. The molecule has 3 rings (SSSR count). The summed E-state index contributed by atoms with van der Waals surface area (Å²) in [4.78, 5) is 4.33. The summed E-state index contributed by atoms with van der Waals surface area (Å²) in [7, 11) is 0. The summed E-state index contributed by atoms with van der Waals surface area (Å²) in [5, 5.41) is 9.04. The van der Waals surface area contributed by atoms with Crippen LogP contribution in [0.2, 0.25) is 0 Å². The molecule has 1 N–H and O–H groups in total. The van der Waals surface area contributed by atoms with E-state index in [2.05, 4.69) is 4.98 Å². The molecule has 4 nitrogen and oxygen atoms in total. The van der Waals surface area contributed by atoms with E-state index in [1.165, 1.54) is 0 Å².